The van der Waals surface area contributed by atoms with Gasteiger partial charge in [-0.25, -0.2) is 9.97 Å². The standard InChI is InChI=1S/C14H19N5O/c1-9-13(10(2)18-17-9)14-15-6-5-12(16-14)19-7-3-4-11(20)8-19/h5-6,11,20H,3-4,7-8H2,1-2H3,(H,17,18)/t11-/m0/s1. The summed E-state index contributed by atoms with van der Waals surface area (Å²) in [5.41, 5.74) is 2.83. The van der Waals surface area contributed by atoms with Crippen molar-refractivity contribution in [2.24, 2.45) is 0 Å². The molecule has 1 atom stereocenters. The molecule has 0 spiro atoms. The Labute approximate surface area is 117 Å². The summed E-state index contributed by atoms with van der Waals surface area (Å²) in [6.45, 7) is 5.48. The van der Waals surface area contributed by atoms with Crippen molar-refractivity contribution in [3.63, 3.8) is 0 Å². The highest BCUT2D eigenvalue weighted by atomic mass is 16.3. The molecule has 3 heterocycles. The average molecular weight is 273 g/mol. The van der Waals surface area contributed by atoms with Gasteiger partial charge >= 0.3 is 0 Å². The van der Waals surface area contributed by atoms with Crippen LogP contribution in [0.4, 0.5) is 5.82 Å². The number of β-amino-alcohol motifs (C(OH)–C–C–N with tert-alkyl or cyclic N) is 1. The van der Waals surface area contributed by atoms with Gasteiger partial charge in [-0.05, 0) is 32.8 Å². The van der Waals surface area contributed by atoms with E-state index in [2.05, 4.69) is 25.1 Å². The van der Waals surface area contributed by atoms with E-state index in [1.54, 1.807) is 6.20 Å². The monoisotopic (exact) mass is 273 g/mol. The van der Waals surface area contributed by atoms with E-state index in [9.17, 15) is 5.11 Å². The van der Waals surface area contributed by atoms with Gasteiger partial charge in [0, 0.05) is 25.0 Å². The molecule has 1 aliphatic rings. The highest BCUT2D eigenvalue weighted by Gasteiger charge is 2.20. The lowest BCUT2D eigenvalue weighted by Crippen LogP contribution is -2.38. The van der Waals surface area contributed by atoms with Crippen molar-refractivity contribution in [1.29, 1.82) is 0 Å². The molecule has 2 aromatic rings. The van der Waals surface area contributed by atoms with Crippen molar-refractivity contribution < 1.29 is 5.11 Å². The molecule has 1 saturated heterocycles. The van der Waals surface area contributed by atoms with Crippen molar-refractivity contribution in [3.8, 4) is 11.4 Å². The Hall–Kier alpha value is -1.95. The first kappa shape index (κ1) is 13.1. The van der Waals surface area contributed by atoms with Crippen molar-refractivity contribution in [3.05, 3.63) is 23.7 Å². The van der Waals surface area contributed by atoms with Crippen LogP contribution in [-0.4, -0.2) is 44.5 Å². The summed E-state index contributed by atoms with van der Waals surface area (Å²) < 4.78 is 0. The van der Waals surface area contributed by atoms with E-state index in [-0.39, 0.29) is 6.10 Å². The Bertz CT molecular complexity index is 590. The minimum atomic E-state index is -0.264. The van der Waals surface area contributed by atoms with Crippen LogP contribution in [0.25, 0.3) is 11.4 Å². The summed E-state index contributed by atoms with van der Waals surface area (Å²) in [6, 6.07) is 1.90. The predicted octanol–water partition coefficient (Wildman–Crippen LogP) is 1.44. The van der Waals surface area contributed by atoms with Gasteiger partial charge in [0.05, 0.1) is 17.4 Å². The molecule has 1 aliphatic heterocycles. The lowest BCUT2D eigenvalue weighted by molar-refractivity contribution is 0.154. The smallest absolute Gasteiger partial charge is 0.165 e. The van der Waals surface area contributed by atoms with Crippen molar-refractivity contribution in [2.75, 3.05) is 18.0 Å². The third kappa shape index (κ3) is 2.38. The lowest BCUT2D eigenvalue weighted by Gasteiger charge is -2.31. The van der Waals surface area contributed by atoms with Gasteiger partial charge in [-0.15, -0.1) is 0 Å². The Morgan fingerprint density at radius 1 is 1.40 bits per heavy atom. The Morgan fingerprint density at radius 2 is 2.25 bits per heavy atom. The zero-order valence-electron chi connectivity index (χ0n) is 11.8. The van der Waals surface area contributed by atoms with Crippen LogP contribution in [0.2, 0.25) is 0 Å². The summed E-state index contributed by atoms with van der Waals surface area (Å²) in [5, 5.41) is 16.9. The molecule has 20 heavy (non-hydrogen) atoms. The van der Waals surface area contributed by atoms with Crippen LogP contribution < -0.4 is 4.90 Å². The van der Waals surface area contributed by atoms with Gasteiger partial charge in [0.15, 0.2) is 5.82 Å². The van der Waals surface area contributed by atoms with E-state index in [0.717, 1.165) is 42.2 Å². The number of nitrogens with one attached hydrogen (secondary N) is 1. The van der Waals surface area contributed by atoms with Gasteiger partial charge in [-0.2, -0.15) is 5.10 Å². The van der Waals surface area contributed by atoms with E-state index in [0.29, 0.717) is 12.4 Å². The van der Waals surface area contributed by atoms with Crippen LogP contribution in [0.1, 0.15) is 24.2 Å². The first-order valence-corrected chi connectivity index (χ1v) is 6.93. The summed E-state index contributed by atoms with van der Waals surface area (Å²) in [5.74, 6) is 1.56. The van der Waals surface area contributed by atoms with Crippen LogP contribution in [0.3, 0.4) is 0 Å². The van der Waals surface area contributed by atoms with Crippen molar-refractivity contribution in [1.82, 2.24) is 20.2 Å². The quantitative estimate of drug-likeness (QED) is 0.865. The first-order chi connectivity index (χ1) is 9.65. The Balaban J connectivity index is 1.94. The molecule has 2 N–H and O–H groups in total. The van der Waals surface area contributed by atoms with E-state index in [1.807, 2.05) is 19.9 Å². The molecule has 3 rings (SSSR count). The molecule has 0 radical (unpaired) electrons. The Kier molecular flexibility index (Phi) is 3.40. The summed E-state index contributed by atoms with van der Waals surface area (Å²) in [7, 11) is 0. The molecule has 0 aromatic carbocycles. The fraction of sp³-hybridized carbons (Fsp3) is 0.500. The zero-order valence-corrected chi connectivity index (χ0v) is 11.8. The number of aromatic amines is 1. The first-order valence-electron chi connectivity index (χ1n) is 6.93. The molecule has 0 unspecified atom stereocenters. The minimum absolute atomic E-state index is 0.264. The molecular weight excluding hydrogens is 254 g/mol. The molecule has 6 heteroatoms. The van der Waals surface area contributed by atoms with E-state index in [1.165, 1.54) is 0 Å². The number of aryl methyl sites for hydroxylation is 2. The number of anilines is 1. The molecular formula is C14H19N5O. The molecule has 106 valence electrons. The van der Waals surface area contributed by atoms with E-state index < -0.39 is 0 Å². The van der Waals surface area contributed by atoms with Crippen LogP contribution in [0, 0.1) is 13.8 Å². The van der Waals surface area contributed by atoms with Gasteiger partial charge in [0.2, 0.25) is 0 Å². The maximum atomic E-state index is 9.78. The number of aromatic nitrogens is 4. The number of piperidine rings is 1. The second kappa shape index (κ2) is 5.20. The second-order valence-corrected chi connectivity index (χ2v) is 5.29. The number of hydrogen-bond donors (Lipinski definition) is 2. The maximum Gasteiger partial charge on any atom is 0.165 e. The maximum absolute atomic E-state index is 9.78. The van der Waals surface area contributed by atoms with Gasteiger partial charge in [0.25, 0.3) is 0 Å². The minimum Gasteiger partial charge on any atom is -0.391 e. The van der Waals surface area contributed by atoms with Crippen LogP contribution >= 0.6 is 0 Å². The summed E-state index contributed by atoms with van der Waals surface area (Å²) in [6.07, 6.45) is 3.36. The molecule has 0 aliphatic carbocycles. The van der Waals surface area contributed by atoms with E-state index in [4.69, 9.17) is 0 Å². The number of aliphatic hydroxyl groups is 1. The number of H-pyrrole nitrogens is 1. The molecule has 0 bridgehead atoms. The third-order valence-corrected chi connectivity index (χ3v) is 3.71. The second-order valence-electron chi connectivity index (χ2n) is 5.29. The fourth-order valence-corrected chi connectivity index (χ4v) is 2.69. The van der Waals surface area contributed by atoms with Gasteiger partial charge in [0.1, 0.15) is 5.82 Å². The normalized spacial score (nSPS) is 19.4. The van der Waals surface area contributed by atoms with Gasteiger partial charge in [-0.1, -0.05) is 0 Å². The molecule has 0 amide bonds. The number of rotatable bonds is 2. The third-order valence-electron chi connectivity index (χ3n) is 3.71. The highest BCUT2D eigenvalue weighted by molar-refractivity contribution is 5.62. The molecule has 1 fully saturated rings. The van der Waals surface area contributed by atoms with Gasteiger partial charge < -0.3 is 10.0 Å². The molecule has 6 nitrogen and oxygen atoms in total. The molecule has 0 saturated carbocycles. The van der Waals surface area contributed by atoms with Crippen LogP contribution in [0.15, 0.2) is 12.3 Å². The van der Waals surface area contributed by atoms with Gasteiger partial charge in [-0.3, -0.25) is 5.10 Å². The van der Waals surface area contributed by atoms with Crippen LogP contribution in [0.5, 0.6) is 0 Å². The largest absolute Gasteiger partial charge is 0.391 e. The summed E-state index contributed by atoms with van der Waals surface area (Å²) >= 11 is 0. The predicted molar refractivity (Wildman–Crippen MR) is 76.5 cm³/mol. The average Bonchev–Trinajstić information content (AvgIpc) is 2.78. The van der Waals surface area contributed by atoms with Crippen molar-refractivity contribution in [2.45, 2.75) is 32.8 Å². The van der Waals surface area contributed by atoms with Crippen molar-refractivity contribution >= 4 is 5.82 Å². The number of nitrogens with zero attached hydrogens (tertiary/aromatic N) is 4. The number of aliphatic hydroxyl groups excluding tert-OH is 1. The Morgan fingerprint density at radius 3 is 2.95 bits per heavy atom. The zero-order chi connectivity index (χ0) is 14.1. The SMILES string of the molecule is Cc1n[nH]c(C)c1-c1nccc(N2CCC[C@H](O)C2)n1. The van der Waals surface area contributed by atoms with E-state index >= 15 is 0 Å². The molecule has 2 aromatic heterocycles. The topological polar surface area (TPSA) is 77.9 Å². The number of hydrogen-bond acceptors (Lipinski definition) is 5. The van der Waals surface area contributed by atoms with Crippen LogP contribution in [-0.2, 0) is 0 Å². The fourth-order valence-electron chi connectivity index (χ4n) is 2.69. The lowest BCUT2D eigenvalue weighted by atomic mass is 10.1. The summed E-state index contributed by atoms with van der Waals surface area (Å²) in [4.78, 5) is 11.1. The highest BCUT2D eigenvalue weighted by Crippen LogP contribution is 2.24.